The molecule has 0 saturated carbocycles. The lowest BCUT2D eigenvalue weighted by Crippen LogP contribution is -2.34. The molecular formula is C20H12ClN5O3. The first kappa shape index (κ1) is 18.4. The lowest BCUT2D eigenvalue weighted by molar-refractivity contribution is -0.384. The first-order chi connectivity index (χ1) is 13.9. The van der Waals surface area contributed by atoms with Crippen LogP contribution in [-0.2, 0) is 0 Å². The van der Waals surface area contributed by atoms with Crippen LogP contribution < -0.4 is 16.1 Å². The highest BCUT2D eigenvalue weighted by molar-refractivity contribution is 6.32. The molecule has 2 heterocycles. The summed E-state index contributed by atoms with van der Waals surface area (Å²) in [6.45, 7) is 1.66. The first-order valence-corrected chi connectivity index (χ1v) is 8.84. The molecule has 0 atom stereocenters. The molecule has 0 bridgehead atoms. The lowest BCUT2D eigenvalue weighted by atomic mass is 10.1. The molecule has 0 spiro atoms. The molecular weight excluding hydrogens is 394 g/mol. The fourth-order valence-electron chi connectivity index (χ4n) is 3.18. The van der Waals surface area contributed by atoms with Crippen molar-refractivity contribution in [1.82, 2.24) is 9.38 Å². The average Bonchev–Trinajstić information content (AvgIpc) is 3.08. The normalized spacial score (nSPS) is 11.7. The number of benzene rings is 2. The van der Waals surface area contributed by atoms with Crippen molar-refractivity contribution in [2.75, 3.05) is 5.32 Å². The third-order valence-electron chi connectivity index (χ3n) is 4.63. The maximum Gasteiger partial charge on any atom is 0.289 e. The second kappa shape index (κ2) is 6.89. The van der Waals surface area contributed by atoms with E-state index in [-0.39, 0.29) is 27.1 Å². The number of nitro groups is 1. The van der Waals surface area contributed by atoms with Gasteiger partial charge in [-0.2, -0.15) is 5.26 Å². The summed E-state index contributed by atoms with van der Waals surface area (Å²) in [5.74, 6) is 0. The number of rotatable bonds is 3. The molecule has 0 fully saturated rings. The standard InChI is InChI=1S/C20H12ClN5O3/c1-11-13(9-22)19-24-16-4-2-3-5-17(16)25(19)20(27)14(11)10-23-12-6-7-15(21)18(8-12)26(28)29/h2-8,10,23H,1H3. The number of halogens is 1. The van der Waals surface area contributed by atoms with E-state index in [0.717, 1.165) is 0 Å². The molecule has 4 rings (SSSR count). The molecule has 8 nitrogen and oxygen atoms in total. The molecule has 29 heavy (non-hydrogen) atoms. The van der Waals surface area contributed by atoms with Crippen molar-refractivity contribution in [3.05, 3.63) is 84.3 Å². The van der Waals surface area contributed by atoms with Gasteiger partial charge in [0.15, 0.2) is 5.65 Å². The van der Waals surface area contributed by atoms with Crippen molar-refractivity contribution < 1.29 is 4.92 Å². The minimum absolute atomic E-state index is 0.0133. The Labute approximate surface area is 168 Å². The van der Waals surface area contributed by atoms with E-state index < -0.39 is 4.92 Å². The van der Waals surface area contributed by atoms with Crippen LogP contribution in [0.25, 0.3) is 22.9 Å². The van der Waals surface area contributed by atoms with Gasteiger partial charge in [0.05, 0.1) is 26.7 Å². The molecule has 1 N–H and O–H groups in total. The Bertz CT molecular complexity index is 1470. The number of imidazole rings is 1. The quantitative estimate of drug-likeness (QED) is 0.413. The van der Waals surface area contributed by atoms with Gasteiger partial charge in [0.2, 0.25) is 0 Å². The number of nitrogens with one attached hydrogen (secondary N) is 1. The Morgan fingerprint density at radius 1 is 1.31 bits per heavy atom. The lowest BCUT2D eigenvalue weighted by Gasteiger charge is -2.05. The molecule has 0 aliphatic carbocycles. The smallest absolute Gasteiger partial charge is 0.289 e. The summed E-state index contributed by atoms with van der Waals surface area (Å²) in [4.78, 5) is 28.1. The number of anilines is 1. The van der Waals surface area contributed by atoms with Gasteiger partial charge in [0.1, 0.15) is 11.1 Å². The zero-order chi connectivity index (χ0) is 20.7. The van der Waals surface area contributed by atoms with Gasteiger partial charge in [0, 0.05) is 18.0 Å². The molecule has 0 saturated heterocycles. The van der Waals surface area contributed by atoms with Crippen molar-refractivity contribution in [2.24, 2.45) is 0 Å². The summed E-state index contributed by atoms with van der Waals surface area (Å²) in [6, 6.07) is 13.5. The van der Waals surface area contributed by atoms with Gasteiger partial charge in [-0.05, 0) is 36.8 Å². The van der Waals surface area contributed by atoms with Crippen molar-refractivity contribution in [3.8, 4) is 6.07 Å². The third kappa shape index (κ3) is 2.94. The second-order valence-electron chi connectivity index (χ2n) is 6.30. The van der Waals surface area contributed by atoms with Crippen LogP contribution in [0.1, 0.15) is 11.1 Å². The zero-order valence-electron chi connectivity index (χ0n) is 15.0. The molecule has 142 valence electrons. The SMILES string of the molecule is Cc1c(C#N)c2nc3ccccc3n2c(=O)c1=CNc1ccc(Cl)c([N+](=O)[O-])c1. The molecule has 0 aliphatic rings. The van der Waals surface area contributed by atoms with Gasteiger partial charge < -0.3 is 5.32 Å². The van der Waals surface area contributed by atoms with E-state index in [1.54, 1.807) is 37.3 Å². The van der Waals surface area contributed by atoms with E-state index >= 15 is 0 Å². The van der Waals surface area contributed by atoms with Crippen LogP contribution >= 0.6 is 11.6 Å². The van der Waals surface area contributed by atoms with Gasteiger partial charge >= 0.3 is 0 Å². The van der Waals surface area contributed by atoms with Crippen molar-refractivity contribution in [3.63, 3.8) is 0 Å². The summed E-state index contributed by atoms with van der Waals surface area (Å²) in [5, 5.41) is 23.9. The maximum absolute atomic E-state index is 13.2. The predicted octanol–water partition coefficient (Wildman–Crippen LogP) is 3.16. The molecule has 4 aromatic rings. The van der Waals surface area contributed by atoms with Gasteiger partial charge in [0.25, 0.3) is 11.2 Å². The average molecular weight is 406 g/mol. The first-order valence-electron chi connectivity index (χ1n) is 8.47. The van der Waals surface area contributed by atoms with Gasteiger partial charge in [-0.25, -0.2) is 4.98 Å². The van der Waals surface area contributed by atoms with Crippen LogP contribution in [0.15, 0.2) is 47.3 Å². The summed E-state index contributed by atoms with van der Waals surface area (Å²) in [5.41, 5.74) is 2.05. The Morgan fingerprint density at radius 2 is 2.07 bits per heavy atom. The monoisotopic (exact) mass is 405 g/mol. The molecule has 0 unspecified atom stereocenters. The Hall–Kier alpha value is -3.96. The number of hydrogen-bond donors (Lipinski definition) is 1. The molecule has 2 aromatic carbocycles. The van der Waals surface area contributed by atoms with Crippen molar-refractivity contribution in [1.29, 1.82) is 5.26 Å². The molecule has 0 amide bonds. The van der Waals surface area contributed by atoms with Crippen LogP contribution in [0.2, 0.25) is 5.02 Å². The summed E-state index contributed by atoms with van der Waals surface area (Å²) < 4.78 is 1.40. The van der Waals surface area contributed by atoms with Gasteiger partial charge in [-0.1, -0.05) is 23.7 Å². The van der Waals surface area contributed by atoms with Crippen LogP contribution in [-0.4, -0.2) is 14.3 Å². The topological polar surface area (TPSA) is 113 Å². The number of fused-ring (bicyclic) bond motifs is 3. The summed E-state index contributed by atoms with van der Waals surface area (Å²) in [6.07, 6.45) is 1.43. The van der Waals surface area contributed by atoms with Crippen molar-refractivity contribution in [2.45, 2.75) is 6.92 Å². The van der Waals surface area contributed by atoms with Crippen molar-refractivity contribution >= 4 is 45.9 Å². The van der Waals surface area contributed by atoms with Crippen LogP contribution in [0.4, 0.5) is 11.4 Å². The van der Waals surface area contributed by atoms with E-state index in [9.17, 15) is 20.2 Å². The number of nitro benzene ring substituents is 1. The number of nitrogens with zero attached hydrogens (tertiary/aromatic N) is 4. The molecule has 9 heteroatoms. The highest BCUT2D eigenvalue weighted by Crippen LogP contribution is 2.27. The number of hydrogen-bond acceptors (Lipinski definition) is 6. The fraction of sp³-hybridized carbons (Fsp3) is 0.0500. The summed E-state index contributed by atoms with van der Waals surface area (Å²) in [7, 11) is 0. The second-order valence-corrected chi connectivity index (χ2v) is 6.71. The Morgan fingerprint density at radius 3 is 2.79 bits per heavy atom. The maximum atomic E-state index is 13.2. The Balaban J connectivity index is 1.96. The highest BCUT2D eigenvalue weighted by Gasteiger charge is 2.16. The zero-order valence-corrected chi connectivity index (χ0v) is 15.8. The van der Waals surface area contributed by atoms with E-state index in [1.165, 1.54) is 22.7 Å². The van der Waals surface area contributed by atoms with E-state index in [4.69, 9.17) is 11.6 Å². The van der Waals surface area contributed by atoms with Gasteiger partial charge in [-0.15, -0.1) is 0 Å². The third-order valence-corrected chi connectivity index (χ3v) is 4.95. The predicted molar refractivity (Wildman–Crippen MR) is 110 cm³/mol. The Kier molecular flexibility index (Phi) is 4.37. The van der Waals surface area contributed by atoms with Crippen LogP contribution in [0, 0.1) is 28.4 Å². The number of nitriles is 1. The minimum atomic E-state index is -0.588. The number of pyridine rings is 1. The van der Waals surface area contributed by atoms with E-state index in [1.807, 2.05) is 0 Å². The van der Waals surface area contributed by atoms with E-state index in [2.05, 4.69) is 16.4 Å². The minimum Gasteiger partial charge on any atom is -0.361 e. The summed E-state index contributed by atoms with van der Waals surface area (Å²) >= 11 is 5.83. The molecule has 2 aromatic heterocycles. The van der Waals surface area contributed by atoms with Gasteiger partial charge in [-0.3, -0.25) is 19.3 Å². The molecule has 0 aliphatic heterocycles. The largest absolute Gasteiger partial charge is 0.361 e. The number of aromatic nitrogens is 2. The fourth-order valence-corrected chi connectivity index (χ4v) is 3.37. The highest BCUT2D eigenvalue weighted by atomic mass is 35.5. The number of para-hydroxylation sites is 2. The van der Waals surface area contributed by atoms with E-state index in [0.29, 0.717) is 27.9 Å². The molecule has 0 radical (unpaired) electrons. The van der Waals surface area contributed by atoms with Crippen LogP contribution in [0.5, 0.6) is 0 Å². The van der Waals surface area contributed by atoms with Crippen LogP contribution in [0.3, 0.4) is 0 Å².